The molecule has 0 N–H and O–H groups in total. The van der Waals surface area contributed by atoms with E-state index in [4.69, 9.17) is 4.74 Å². The fourth-order valence-corrected chi connectivity index (χ4v) is 3.64. The van der Waals surface area contributed by atoms with Crippen LogP contribution in [-0.4, -0.2) is 18.0 Å². The molecule has 2 aliphatic rings. The zero-order valence-corrected chi connectivity index (χ0v) is 11.8. The van der Waals surface area contributed by atoms with Crippen molar-refractivity contribution in [3.63, 3.8) is 0 Å². The summed E-state index contributed by atoms with van der Waals surface area (Å²) < 4.78 is 5.81. The van der Waals surface area contributed by atoms with Gasteiger partial charge in [0.1, 0.15) is 5.78 Å². The van der Waals surface area contributed by atoms with Crippen LogP contribution in [-0.2, 0) is 16.0 Å². The summed E-state index contributed by atoms with van der Waals surface area (Å²) in [6, 6.07) is 6.43. The lowest BCUT2D eigenvalue weighted by Crippen LogP contribution is -2.30. The molecule has 2 unspecified atom stereocenters. The van der Waals surface area contributed by atoms with Crippen LogP contribution in [0.2, 0.25) is 0 Å². The Bertz CT molecular complexity index is 460. The minimum Gasteiger partial charge on any atom is -0.375 e. The van der Waals surface area contributed by atoms with Crippen molar-refractivity contribution >= 4 is 5.78 Å². The van der Waals surface area contributed by atoms with Crippen molar-refractivity contribution in [1.29, 1.82) is 0 Å². The number of Topliss-reactive ketones (excluding diaryl/α,β-unsaturated/α-hetero) is 1. The zero-order valence-electron chi connectivity index (χ0n) is 11.8. The molecule has 2 fully saturated rings. The van der Waals surface area contributed by atoms with Crippen LogP contribution >= 0.6 is 0 Å². The van der Waals surface area contributed by atoms with Gasteiger partial charge in [-0.1, -0.05) is 29.3 Å². The first-order valence-electron chi connectivity index (χ1n) is 7.35. The van der Waals surface area contributed by atoms with Gasteiger partial charge in [-0.25, -0.2) is 0 Å². The molecule has 0 radical (unpaired) electrons. The first-order valence-corrected chi connectivity index (χ1v) is 7.35. The van der Waals surface area contributed by atoms with Crippen molar-refractivity contribution in [3.8, 4) is 0 Å². The molecule has 19 heavy (non-hydrogen) atoms. The molecule has 2 nitrogen and oxygen atoms in total. The Kier molecular flexibility index (Phi) is 3.44. The number of hydrogen-bond acceptors (Lipinski definition) is 2. The Hall–Kier alpha value is -1.15. The number of benzene rings is 1. The third kappa shape index (κ3) is 2.89. The van der Waals surface area contributed by atoms with E-state index in [1.807, 2.05) is 0 Å². The van der Waals surface area contributed by atoms with Gasteiger partial charge in [-0.2, -0.15) is 0 Å². The van der Waals surface area contributed by atoms with Crippen LogP contribution < -0.4 is 0 Å². The second-order valence-electron chi connectivity index (χ2n) is 6.26. The molecule has 2 saturated heterocycles. The number of carbonyl (C=O) groups is 1. The van der Waals surface area contributed by atoms with Gasteiger partial charge in [0.25, 0.3) is 0 Å². The monoisotopic (exact) mass is 258 g/mol. The van der Waals surface area contributed by atoms with E-state index < -0.39 is 0 Å². The van der Waals surface area contributed by atoms with Crippen molar-refractivity contribution in [2.75, 3.05) is 0 Å². The number of carbonyl (C=O) groups excluding carboxylic acids is 1. The van der Waals surface area contributed by atoms with E-state index in [1.54, 1.807) is 0 Å². The molecular weight excluding hydrogens is 236 g/mol. The minimum absolute atomic E-state index is 0.229. The van der Waals surface area contributed by atoms with Crippen LogP contribution in [0.1, 0.15) is 42.4 Å². The highest BCUT2D eigenvalue weighted by Crippen LogP contribution is 2.36. The molecule has 2 atom stereocenters. The lowest BCUT2D eigenvalue weighted by atomic mass is 9.88. The van der Waals surface area contributed by atoms with Gasteiger partial charge in [-0.15, -0.1) is 0 Å². The smallest absolute Gasteiger partial charge is 0.140 e. The van der Waals surface area contributed by atoms with E-state index in [-0.39, 0.29) is 5.92 Å². The fraction of sp³-hybridized carbons (Fsp3) is 0.588. The molecule has 0 aliphatic carbocycles. The van der Waals surface area contributed by atoms with Crippen LogP contribution in [0.4, 0.5) is 0 Å². The van der Waals surface area contributed by atoms with Gasteiger partial charge in [0, 0.05) is 12.3 Å². The number of aryl methyl sites for hydroxylation is 2. The van der Waals surface area contributed by atoms with E-state index in [1.165, 1.54) is 16.7 Å². The standard InChI is InChI=1S/C17H22O2/c1-11-5-12(2)7-13(6-11)8-17(18)14-9-15-3-4-16(10-14)19-15/h5-7,14-16H,3-4,8-10H2,1-2H3. The van der Waals surface area contributed by atoms with E-state index in [2.05, 4.69) is 32.0 Å². The summed E-state index contributed by atoms with van der Waals surface area (Å²) in [4.78, 5) is 12.5. The Balaban J connectivity index is 1.67. The summed E-state index contributed by atoms with van der Waals surface area (Å²) in [5.41, 5.74) is 3.66. The summed E-state index contributed by atoms with van der Waals surface area (Å²) >= 11 is 0. The van der Waals surface area contributed by atoms with Gasteiger partial charge in [-0.05, 0) is 45.1 Å². The first-order chi connectivity index (χ1) is 9.10. The largest absolute Gasteiger partial charge is 0.375 e. The van der Waals surface area contributed by atoms with Gasteiger partial charge in [0.05, 0.1) is 12.2 Å². The maximum Gasteiger partial charge on any atom is 0.140 e. The van der Waals surface area contributed by atoms with Gasteiger partial charge < -0.3 is 4.74 Å². The van der Waals surface area contributed by atoms with Crippen LogP contribution in [0.5, 0.6) is 0 Å². The van der Waals surface area contributed by atoms with E-state index in [0.717, 1.165) is 25.7 Å². The molecule has 0 spiro atoms. The molecular formula is C17H22O2. The summed E-state index contributed by atoms with van der Waals surface area (Å²) in [5, 5.41) is 0. The van der Waals surface area contributed by atoms with Crippen molar-refractivity contribution in [3.05, 3.63) is 34.9 Å². The Morgan fingerprint density at radius 3 is 2.26 bits per heavy atom. The number of ether oxygens (including phenoxy) is 1. The molecule has 0 aromatic heterocycles. The van der Waals surface area contributed by atoms with E-state index in [0.29, 0.717) is 24.4 Å². The quantitative estimate of drug-likeness (QED) is 0.831. The predicted octanol–water partition coefficient (Wildman–Crippen LogP) is 3.37. The molecule has 2 bridgehead atoms. The second-order valence-corrected chi connectivity index (χ2v) is 6.26. The van der Waals surface area contributed by atoms with Gasteiger partial charge >= 0.3 is 0 Å². The Morgan fingerprint density at radius 1 is 1.11 bits per heavy atom. The predicted molar refractivity (Wildman–Crippen MR) is 75.2 cm³/mol. The number of hydrogen-bond donors (Lipinski definition) is 0. The number of fused-ring (bicyclic) bond motifs is 2. The Labute approximate surface area is 115 Å². The number of rotatable bonds is 3. The highest BCUT2D eigenvalue weighted by molar-refractivity contribution is 5.83. The Morgan fingerprint density at radius 2 is 1.68 bits per heavy atom. The summed E-state index contributed by atoms with van der Waals surface area (Å²) in [5.74, 6) is 0.636. The summed E-state index contributed by atoms with van der Waals surface area (Å²) in [7, 11) is 0. The zero-order chi connectivity index (χ0) is 13.4. The maximum atomic E-state index is 12.5. The fourth-order valence-electron chi connectivity index (χ4n) is 3.64. The molecule has 2 heteroatoms. The van der Waals surface area contributed by atoms with Crippen molar-refractivity contribution < 1.29 is 9.53 Å². The molecule has 1 aromatic rings. The van der Waals surface area contributed by atoms with Crippen molar-refractivity contribution in [1.82, 2.24) is 0 Å². The number of ketones is 1. The van der Waals surface area contributed by atoms with Gasteiger partial charge in [-0.3, -0.25) is 4.79 Å². The highest BCUT2D eigenvalue weighted by atomic mass is 16.5. The van der Waals surface area contributed by atoms with Crippen LogP contribution in [0, 0.1) is 19.8 Å². The lowest BCUT2D eigenvalue weighted by Gasteiger charge is -2.27. The average molecular weight is 258 g/mol. The van der Waals surface area contributed by atoms with Gasteiger partial charge in [0.2, 0.25) is 0 Å². The molecule has 2 heterocycles. The molecule has 1 aromatic carbocycles. The molecule has 2 aliphatic heterocycles. The molecule has 3 rings (SSSR count). The van der Waals surface area contributed by atoms with E-state index in [9.17, 15) is 4.79 Å². The topological polar surface area (TPSA) is 26.3 Å². The SMILES string of the molecule is Cc1cc(C)cc(CC(=O)C2CC3CCC(C2)O3)c1. The third-order valence-corrected chi connectivity index (χ3v) is 4.41. The van der Waals surface area contributed by atoms with Crippen molar-refractivity contribution in [2.45, 2.75) is 58.2 Å². The normalized spacial score (nSPS) is 29.5. The molecule has 0 saturated carbocycles. The maximum absolute atomic E-state index is 12.5. The summed E-state index contributed by atoms with van der Waals surface area (Å²) in [6.07, 6.45) is 5.49. The molecule has 0 amide bonds. The lowest BCUT2D eigenvalue weighted by molar-refractivity contribution is -0.127. The minimum atomic E-state index is 0.229. The third-order valence-electron chi connectivity index (χ3n) is 4.41. The summed E-state index contributed by atoms with van der Waals surface area (Å²) in [6.45, 7) is 4.19. The van der Waals surface area contributed by atoms with E-state index >= 15 is 0 Å². The second kappa shape index (κ2) is 5.09. The van der Waals surface area contributed by atoms with Crippen LogP contribution in [0.25, 0.3) is 0 Å². The highest BCUT2D eigenvalue weighted by Gasteiger charge is 2.37. The van der Waals surface area contributed by atoms with Crippen LogP contribution in [0.3, 0.4) is 0 Å². The first kappa shape index (κ1) is 12.9. The van der Waals surface area contributed by atoms with Gasteiger partial charge in [0.15, 0.2) is 0 Å². The van der Waals surface area contributed by atoms with Crippen molar-refractivity contribution in [2.24, 2.45) is 5.92 Å². The molecule has 102 valence electrons. The average Bonchev–Trinajstić information content (AvgIpc) is 2.66. The van der Waals surface area contributed by atoms with Crippen LogP contribution in [0.15, 0.2) is 18.2 Å².